The third-order valence-electron chi connectivity index (χ3n) is 5.17. The molecule has 2 nitrogen and oxygen atoms in total. The summed E-state index contributed by atoms with van der Waals surface area (Å²) in [4.78, 5) is 0. The number of hydrogen-bond donors (Lipinski definition) is 0. The Labute approximate surface area is 92.3 Å². The van der Waals surface area contributed by atoms with Crippen LogP contribution in [-0.4, -0.2) is 17.0 Å². The second-order valence-electron chi connectivity index (χ2n) is 6.63. The van der Waals surface area contributed by atoms with Gasteiger partial charge in [-0.3, -0.25) is 0 Å². The molecule has 2 aliphatic heterocycles. The fourth-order valence-corrected chi connectivity index (χ4v) is 4.39. The summed E-state index contributed by atoms with van der Waals surface area (Å²) < 4.78 is 12.6. The minimum absolute atomic E-state index is 0.0208. The average molecular weight is 210 g/mol. The van der Waals surface area contributed by atoms with Crippen molar-refractivity contribution in [3.8, 4) is 0 Å². The molecule has 3 atom stereocenters. The second kappa shape index (κ2) is 2.43. The van der Waals surface area contributed by atoms with Gasteiger partial charge in [-0.05, 0) is 44.9 Å². The predicted molar refractivity (Wildman–Crippen MR) is 58.6 cm³/mol. The molecule has 15 heavy (non-hydrogen) atoms. The quantitative estimate of drug-likeness (QED) is 0.611. The van der Waals surface area contributed by atoms with Crippen molar-refractivity contribution < 1.29 is 9.47 Å². The topological polar surface area (TPSA) is 18.5 Å². The summed E-state index contributed by atoms with van der Waals surface area (Å²) in [6.07, 6.45) is 5.93. The van der Waals surface area contributed by atoms with E-state index in [0.29, 0.717) is 0 Å². The summed E-state index contributed by atoms with van der Waals surface area (Å²) >= 11 is 0. The molecule has 0 unspecified atom stereocenters. The molecule has 3 aliphatic rings. The minimum Gasteiger partial charge on any atom is -0.341 e. The zero-order valence-electron chi connectivity index (χ0n) is 10.4. The highest BCUT2D eigenvalue weighted by Crippen LogP contribution is 2.66. The number of rotatable bonds is 0. The van der Waals surface area contributed by atoms with Crippen LogP contribution in [0.4, 0.5) is 0 Å². The van der Waals surface area contributed by atoms with Crippen molar-refractivity contribution >= 4 is 0 Å². The zero-order valence-corrected chi connectivity index (χ0v) is 10.4. The van der Waals surface area contributed by atoms with E-state index >= 15 is 0 Å². The first-order chi connectivity index (χ1) is 6.83. The lowest BCUT2D eigenvalue weighted by molar-refractivity contribution is -0.169. The summed E-state index contributed by atoms with van der Waals surface area (Å²) in [6.45, 7) is 9.08. The normalized spacial score (nSPS) is 56.8. The van der Waals surface area contributed by atoms with Crippen LogP contribution in [0.1, 0.15) is 59.8 Å². The van der Waals surface area contributed by atoms with E-state index in [2.05, 4.69) is 27.7 Å². The molecule has 3 fully saturated rings. The Morgan fingerprint density at radius 3 is 2.13 bits per heavy atom. The molecule has 2 bridgehead atoms. The van der Waals surface area contributed by atoms with Gasteiger partial charge in [-0.1, -0.05) is 13.8 Å². The molecule has 1 saturated carbocycles. The molecule has 0 radical (unpaired) electrons. The maximum Gasteiger partial charge on any atom is 0.167 e. The lowest BCUT2D eigenvalue weighted by Crippen LogP contribution is -2.61. The van der Waals surface area contributed by atoms with E-state index < -0.39 is 0 Å². The molecular formula is C13H22O2. The average Bonchev–Trinajstić information content (AvgIpc) is 2.52. The van der Waals surface area contributed by atoms with Crippen LogP contribution in [0.15, 0.2) is 0 Å². The molecule has 0 amide bonds. The van der Waals surface area contributed by atoms with Crippen molar-refractivity contribution in [2.45, 2.75) is 76.8 Å². The van der Waals surface area contributed by atoms with Gasteiger partial charge < -0.3 is 9.47 Å². The van der Waals surface area contributed by atoms with E-state index in [4.69, 9.17) is 9.47 Å². The summed E-state index contributed by atoms with van der Waals surface area (Å²) in [7, 11) is 0. The predicted octanol–water partition coefficient (Wildman–Crippen LogP) is 3.25. The molecule has 2 saturated heterocycles. The Morgan fingerprint density at radius 1 is 0.800 bits per heavy atom. The second-order valence-corrected chi connectivity index (χ2v) is 6.63. The number of ether oxygens (including phenoxy) is 2. The van der Waals surface area contributed by atoms with Crippen LogP contribution in [-0.2, 0) is 9.47 Å². The molecule has 0 aromatic carbocycles. The molecule has 3 rings (SSSR count). The van der Waals surface area contributed by atoms with Crippen molar-refractivity contribution in [3.63, 3.8) is 0 Å². The fraction of sp³-hybridized carbons (Fsp3) is 1.00. The highest BCUT2D eigenvalue weighted by molar-refractivity contribution is 5.18. The van der Waals surface area contributed by atoms with Crippen LogP contribution >= 0.6 is 0 Å². The van der Waals surface area contributed by atoms with E-state index in [1.54, 1.807) is 0 Å². The smallest absolute Gasteiger partial charge is 0.167 e. The van der Waals surface area contributed by atoms with Crippen LogP contribution < -0.4 is 0 Å². The highest BCUT2D eigenvalue weighted by Gasteiger charge is 2.72. The van der Waals surface area contributed by atoms with Gasteiger partial charge in [0.15, 0.2) is 5.79 Å². The lowest BCUT2D eigenvalue weighted by Gasteiger charge is -2.54. The van der Waals surface area contributed by atoms with Gasteiger partial charge in [0, 0.05) is 6.42 Å². The Bertz CT molecular complexity index is 312. The first kappa shape index (κ1) is 10.1. The van der Waals surface area contributed by atoms with Gasteiger partial charge in [-0.2, -0.15) is 0 Å². The molecule has 0 N–H and O–H groups in total. The Balaban J connectivity index is 2.11. The maximum atomic E-state index is 6.35. The van der Waals surface area contributed by atoms with Gasteiger partial charge in [0.25, 0.3) is 0 Å². The highest BCUT2D eigenvalue weighted by atomic mass is 16.8. The first-order valence-electron chi connectivity index (χ1n) is 6.23. The van der Waals surface area contributed by atoms with E-state index in [-0.39, 0.29) is 22.4 Å². The zero-order chi connectivity index (χ0) is 10.9. The Hall–Kier alpha value is -0.0800. The molecule has 2 heterocycles. The van der Waals surface area contributed by atoms with Gasteiger partial charge in [-0.25, -0.2) is 0 Å². The van der Waals surface area contributed by atoms with Crippen LogP contribution in [0, 0.1) is 5.41 Å². The molecule has 0 aromatic rings. The van der Waals surface area contributed by atoms with Crippen molar-refractivity contribution in [2.24, 2.45) is 5.41 Å². The summed E-state index contributed by atoms with van der Waals surface area (Å²) in [5.74, 6) is -0.295. The molecule has 0 aromatic heterocycles. The Kier molecular flexibility index (Phi) is 1.64. The molecule has 1 aliphatic carbocycles. The van der Waals surface area contributed by atoms with E-state index in [0.717, 1.165) is 12.8 Å². The van der Waals surface area contributed by atoms with Crippen LogP contribution in [0.3, 0.4) is 0 Å². The van der Waals surface area contributed by atoms with Gasteiger partial charge in [0.05, 0.1) is 5.60 Å². The first-order valence-corrected chi connectivity index (χ1v) is 6.23. The Morgan fingerprint density at radius 2 is 1.53 bits per heavy atom. The third-order valence-corrected chi connectivity index (χ3v) is 5.17. The van der Waals surface area contributed by atoms with Gasteiger partial charge in [-0.15, -0.1) is 0 Å². The van der Waals surface area contributed by atoms with Gasteiger partial charge in [0.1, 0.15) is 5.60 Å². The summed E-state index contributed by atoms with van der Waals surface area (Å²) in [5, 5.41) is 0. The van der Waals surface area contributed by atoms with Crippen molar-refractivity contribution in [1.82, 2.24) is 0 Å². The monoisotopic (exact) mass is 210 g/mol. The van der Waals surface area contributed by atoms with Crippen LogP contribution in [0.2, 0.25) is 0 Å². The lowest BCUT2D eigenvalue weighted by atomic mass is 9.57. The molecule has 2 heteroatoms. The van der Waals surface area contributed by atoms with Crippen molar-refractivity contribution in [3.05, 3.63) is 0 Å². The van der Waals surface area contributed by atoms with E-state index in [1.165, 1.54) is 19.3 Å². The van der Waals surface area contributed by atoms with E-state index in [1.807, 2.05) is 0 Å². The van der Waals surface area contributed by atoms with Crippen LogP contribution in [0.5, 0.6) is 0 Å². The largest absolute Gasteiger partial charge is 0.341 e. The number of fused-ring (bicyclic) bond motifs is 1. The molecule has 86 valence electrons. The SMILES string of the molecule is CC1(C)CCC[C@]2(C)O[C@@]3(C)CC[C@@]12O3. The molecular weight excluding hydrogens is 188 g/mol. The standard InChI is InChI=1S/C13H22O2/c1-10(2)6-5-7-11(3)13(10)9-8-12(4,14-11)15-13/h5-9H2,1-4H3/t11-,12+,13+/m0/s1. The fourth-order valence-electron chi connectivity index (χ4n) is 4.39. The van der Waals surface area contributed by atoms with Crippen LogP contribution in [0.25, 0.3) is 0 Å². The number of hydrogen-bond acceptors (Lipinski definition) is 2. The third kappa shape index (κ3) is 0.980. The van der Waals surface area contributed by atoms with Gasteiger partial charge in [0.2, 0.25) is 0 Å². The van der Waals surface area contributed by atoms with E-state index in [9.17, 15) is 0 Å². The maximum absolute atomic E-state index is 6.35. The van der Waals surface area contributed by atoms with Gasteiger partial charge >= 0.3 is 0 Å². The molecule has 1 spiro atoms. The minimum atomic E-state index is -0.295. The van der Waals surface area contributed by atoms with Crippen molar-refractivity contribution in [1.29, 1.82) is 0 Å². The summed E-state index contributed by atoms with van der Waals surface area (Å²) in [6, 6.07) is 0. The van der Waals surface area contributed by atoms with Crippen molar-refractivity contribution in [2.75, 3.05) is 0 Å². The summed E-state index contributed by atoms with van der Waals surface area (Å²) in [5.41, 5.74) is 0.197.